The molecule has 0 N–H and O–H groups in total. The van der Waals surface area contributed by atoms with E-state index >= 15 is 0 Å². The smallest absolute Gasteiger partial charge is 0.123 e. The van der Waals surface area contributed by atoms with Crippen LogP contribution in [0.15, 0.2) is 18.2 Å². The Labute approximate surface area is 111 Å². The molecule has 1 aromatic rings. The van der Waals surface area contributed by atoms with Crippen molar-refractivity contribution >= 4 is 21.6 Å². The highest BCUT2D eigenvalue weighted by molar-refractivity contribution is 9.08. The number of benzene rings is 1. The molecule has 0 unspecified atom stereocenters. The van der Waals surface area contributed by atoms with Crippen LogP contribution in [0.3, 0.4) is 0 Å². The summed E-state index contributed by atoms with van der Waals surface area (Å²) in [7, 11) is 0. The van der Waals surface area contributed by atoms with Gasteiger partial charge in [-0.2, -0.15) is 0 Å². The minimum absolute atomic E-state index is 0.150. The predicted octanol–water partition coefficient (Wildman–Crippen LogP) is 4.35. The van der Waals surface area contributed by atoms with Crippen molar-refractivity contribution in [1.82, 2.24) is 0 Å². The Bertz CT molecular complexity index is 376. The van der Waals surface area contributed by atoms with E-state index in [9.17, 15) is 4.39 Å². The summed E-state index contributed by atoms with van der Waals surface area (Å²) in [5, 5.41) is 0.710. The van der Waals surface area contributed by atoms with Crippen molar-refractivity contribution in [3.05, 3.63) is 29.6 Å². The highest BCUT2D eigenvalue weighted by Crippen LogP contribution is 2.31. The molecule has 0 saturated heterocycles. The zero-order chi connectivity index (χ0) is 12.3. The molecule has 0 aliphatic heterocycles. The Hall–Kier alpha value is -0.570. The van der Waals surface area contributed by atoms with Crippen molar-refractivity contribution in [2.24, 2.45) is 5.92 Å². The summed E-state index contributed by atoms with van der Waals surface area (Å²) in [6.07, 6.45) is 4.07. The number of nitrogens with zero attached hydrogens (tertiary/aromatic N) is 1. The van der Waals surface area contributed by atoms with Gasteiger partial charge in [-0.25, -0.2) is 4.39 Å². The molecule has 1 aliphatic carbocycles. The molecule has 0 amide bonds. The average Bonchev–Trinajstić information content (AvgIpc) is 2.29. The second kappa shape index (κ2) is 5.85. The third kappa shape index (κ3) is 3.01. The van der Waals surface area contributed by atoms with Crippen LogP contribution in [0.2, 0.25) is 0 Å². The lowest BCUT2D eigenvalue weighted by Crippen LogP contribution is -2.33. The molecule has 94 valence electrons. The van der Waals surface area contributed by atoms with E-state index in [0.717, 1.165) is 24.6 Å². The van der Waals surface area contributed by atoms with Crippen LogP contribution in [0, 0.1) is 11.7 Å². The van der Waals surface area contributed by atoms with Gasteiger partial charge in [0.2, 0.25) is 0 Å². The number of hydrogen-bond acceptors (Lipinski definition) is 1. The van der Waals surface area contributed by atoms with E-state index in [1.807, 2.05) is 6.07 Å². The van der Waals surface area contributed by atoms with Gasteiger partial charge in [-0.15, -0.1) is 0 Å². The van der Waals surface area contributed by atoms with Crippen LogP contribution in [-0.4, -0.2) is 13.1 Å². The summed E-state index contributed by atoms with van der Waals surface area (Å²) in [5.74, 6) is 0.686. The largest absolute Gasteiger partial charge is 0.371 e. The van der Waals surface area contributed by atoms with Crippen molar-refractivity contribution < 1.29 is 4.39 Å². The zero-order valence-electron chi connectivity index (χ0n) is 10.3. The number of rotatable bonds is 5. The van der Waals surface area contributed by atoms with Crippen LogP contribution in [0.25, 0.3) is 0 Å². The minimum atomic E-state index is -0.150. The number of anilines is 1. The maximum atomic E-state index is 13.2. The van der Waals surface area contributed by atoms with Crippen molar-refractivity contribution in [3.8, 4) is 0 Å². The number of halogens is 2. The van der Waals surface area contributed by atoms with Crippen LogP contribution in [-0.2, 0) is 5.33 Å². The summed E-state index contributed by atoms with van der Waals surface area (Å²) in [4.78, 5) is 2.37. The summed E-state index contributed by atoms with van der Waals surface area (Å²) in [5.41, 5.74) is 2.23. The van der Waals surface area contributed by atoms with Crippen LogP contribution < -0.4 is 4.90 Å². The first-order valence-corrected chi connectivity index (χ1v) is 7.46. The van der Waals surface area contributed by atoms with E-state index in [0.29, 0.717) is 5.33 Å². The van der Waals surface area contributed by atoms with E-state index in [1.54, 1.807) is 12.1 Å². The summed E-state index contributed by atoms with van der Waals surface area (Å²) in [6, 6.07) is 5.10. The zero-order valence-corrected chi connectivity index (χ0v) is 11.8. The Balaban J connectivity index is 2.16. The molecule has 0 heterocycles. The first kappa shape index (κ1) is 12.9. The first-order valence-electron chi connectivity index (χ1n) is 6.34. The highest BCUT2D eigenvalue weighted by Gasteiger charge is 2.21. The quantitative estimate of drug-likeness (QED) is 0.731. The number of alkyl halides is 1. The molecule has 2 rings (SSSR count). The molecule has 0 atom stereocenters. The van der Waals surface area contributed by atoms with Crippen molar-refractivity contribution in [2.45, 2.75) is 31.5 Å². The van der Waals surface area contributed by atoms with Crippen molar-refractivity contribution in [2.75, 3.05) is 18.0 Å². The Morgan fingerprint density at radius 1 is 1.41 bits per heavy atom. The molecular formula is C14H19BrFN. The van der Waals surface area contributed by atoms with E-state index < -0.39 is 0 Å². The Morgan fingerprint density at radius 3 is 2.71 bits per heavy atom. The van der Waals surface area contributed by atoms with Crippen LogP contribution in [0.1, 0.15) is 31.7 Å². The van der Waals surface area contributed by atoms with Crippen LogP contribution in [0.5, 0.6) is 0 Å². The maximum Gasteiger partial charge on any atom is 0.123 e. The molecule has 1 fully saturated rings. The molecule has 1 aromatic carbocycles. The van der Waals surface area contributed by atoms with E-state index in [2.05, 4.69) is 27.8 Å². The van der Waals surface area contributed by atoms with Gasteiger partial charge in [0.25, 0.3) is 0 Å². The molecule has 17 heavy (non-hydrogen) atoms. The van der Waals surface area contributed by atoms with Gasteiger partial charge in [-0.1, -0.05) is 22.4 Å². The van der Waals surface area contributed by atoms with Crippen LogP contribution in [0.4, 0.5) is 10.1 Å². The average molecular weight is 300 g/mol. The number of hydrogen-bond donors (Lipinski definition) is 0. The lowest BCUT2D eigenvalue weighted by Gasteiger charge is -2.34. The van der Waals surface area contributed by atoms with Crippen molar-refractivity contribution in [1.29, 1.82) is 0 Å². The molecule has 0 bridgehead atoms. The normalized spacial score (nSPS) is 15.7. The Morgan fingerprint density at radius 2 is 2.18 bits per heavy atom. The second-order valence-electron chi connectivity index (χ2n) is 4.74. The summed E-state index contributed by atoms with van der Waals surface area (Å²) in [6.45, 7) is 4.27. The van der Waals surface area contributed by atoms with Crippen LogP contribution >= 0.6 is 15.9 Å². The maximum absolute atomic E-state index is 13.2. The third-order valence-corrected chi connectivity index (χ3v) is 4.22. The minimum Gasteiger partial charge on any atom is -0.371 e. The molecule has 0 aromatic heterocycles. The molecule has 3 heteroatoms. The SMILES string of the molecule is CCN(CC1CCC1)c1ccc(F)cc1CBr. The fourth-order valence-corrected chi connectivity index (χ4v) is 2.80. The van der Waals surface area contributed by atoms with Gasteiger partial charge in [0.05, 0.1) is 0 Å². The second-order valence-corrected chi connectivity index (χ2v) is 5.30. The summed E-state index contributed by atoms with van der Waals surface area (Å²) >= 11 is 3.44. The van der Waals surface area contributed by atoms with Gasteiger partial charge >= 0.3 is 0 Å². The monoisotopic (exact) mass is 299 g/mol. The molecule has 1 nitrogen and oxygen atoms in total. The molecule has 1 saturated carbocycles. The fourth-order valence-electron chi connectivity index (χ4n) is 2.35. The standard InChI is InChI=1S/C14H19BrFN/c1-2-17(10-11-4-3-5-11)14-7-6-13(16)8-12(14)9-15/h6-8,11H,2-5,9-10H2,1H3. The van der Waals surface area contributed by atoms with Gasteiger partial charge in [0, 0.05) is 24.1 Å². The summed E-state index contributed by atoms with van der Waals surface area (Å²) < 4.78 is 13.2. The van der Waals surface area contributed by atoms with Gasteiger partial charge in [-0.05, 0) is 49.4 Å². The topological polar surface area (TPSA) is 3.24 Å². The third-order valence-electron chi connectivity index (χ3n) is 3.61. The van der Waals surface area contributed by atoms with E-state index in [1.165, 1.54) is 24.9 Å². The van der Waals surface area contributed by atoms with E-state index in [4.69, 9.17) is 0 Å². The van der Waals surface area contributed by atoms with E-state index in [-0.39, 0.29) is 5.82 Å². The first-order chi connectivity index (χ1) is 8.24. The molecule has 0 radical (unpaired) electrons. The van der Waals surface area contributed by atoms with Gasteiger partial charge in [0.15, 0.2) is 0 Å². The lowest BCUT2D eigenvalue weighted by molar-refractivity contribution is 0.318. The highest BCUT2D eigenvalue weighted by atomic mass is 79.9. The molecule has 1 aliphatic rings. The van der Waals surface area contributed by atoms with Gasteiger partial charge in [0.1, 0.15) is 5.82 Å². The lowest BCUT2D eigenvalue weighted by atomic mass is 9.85. The predicted molar refractivity (Wildman–Crippen MR) is 74.3 cm³/mol. The van der Waals surface area contributed by atoms with Crippen molar-refractivity contribution in [3.63, 3.8) is 0 Å². The van der Waals surface area contributed by atoms with Gasteiger partial charge in [-0.3, -0.25) is 0 Å². The fraction of sp³-hybridized carbons (Fsp3) is 0.571. The Kier molecular flexibility index (Phi) is 4.43. The van der Waals surface area contributed by atoms with Gasteiger partial charge < -0.3 is 4.90 Å². The molecular weight excluding hydrogens is 281 g/mol. The molecule has 0 spiro atoms.